The standard InChI is InChI=1S/C12H18F2N2S/c13-12(14)4-1-10(2-5-12)11(16-15)7-9-3-6-17-8-9/h3,6,8,10-11,16H,1-2,4-5,7,15H2. The van der Waals surface area contributed by atoms with Gasteiger partial charge in [-0.15, -0.1) is 0 Å². The van der Waals surface area contributed by atoms with Crippen LogP contribution in [0.15, 0.2) is 16.8 Å². The second-order valence-corrected chi connectivity index (χ2v) is 5.58. The summed E-state index contributed by atoms with van der Waals surface area (Å²) < 4.78 is 26.1. The summed E-state index contributed by atoms with van der Waals surface area (Å²) in [7, 11) is 0. The van der Waals surface area contributed by atoms with Crippen molar-refractivity contribution >= 4 is 11.3 Å². The van der Waals surface area contributed by atoms with Crippen molar-refractivity contribution in [1.29, 1.82) is 0 Å². The average molecular weight is 260 g/mol. The van der Waals surface area contributed by atoms with E-state index >= 15 is 0 Å². The molecule has 2 rings (SSSR count). The Balaban J connectivity index is 1.91. The molecule has 0 bridgehead atoms. The zero-order chi connectivity index (χ0) is 12.3. The van der Waals surface area contributed by atoms with Crippen molar-refractivity contribution in [3.63, 3.8) is 0 Å². The fraction of sp³-hybridized carbons (Fsp3) is 0.667. The van der Waals surface area contributed by atoms with Crippen molar-refractivity contribution in [3.05, 3.63) is 22.4 Å². The Morgan fingerprint density at radius 2 is 2.18 bits per heavy atom. The first-order valence-corrected chi connectivity index (χ1v) is 6.90. The van der Waals surface area contributed by atoms with Crippen LogP contribution >= 0.6 is 11.3 Å². The number of nitrogens with two attached hydrogens (primary N) is 1. The van der Waals surface area contributed by atoms with E-state index in [1.54, 1.807) is 11.3 Å². The molecule has 96 valence electrons. The zero-order valence-corrected chi connectivity index (χ0v) is 10.5. The topological polar surface area (TPSA) is 38.0 Å². The molecule has 1 aromatic rings. The van der Waals surface area contributed by atoms with Gasteiger partial charge in [0, 0.05) is 18.9 Å². The third-order valence-electron chi connectivity index (χ3n) is 3.58. The summed E-state index contributed by atoms with van der Waals surface area (Å²) in [5, 5.41) is 4.11. The van der Waals surface area contributed by atoms with Gasteiger partial charge in [-0.2, -0.15) is 11.3 Å². The van der Waals surface area contributed by atoms with E-state index in [1.165, 1.54) is 5.56 Å². The van der Waals surface area contributed by atoms with Gasteiger partial charge in [0.2, 0.25) is 5.92 Å². The molecule has 0 spiro atoms. The SMILES string of the molecule is NNC(Cc1ccsc1)C1CCC(F)(F)CC1. The Hall–Kier alpha value is -0.520. The Morgan fingerprint density at radius 3 is 2.71 bits per heavy atom. The van der Waals surface area contributed by atoms with Gasteiger partial charge < -0.3 is 0 Å². The van der Waals surface area contributed by atoms with Crippen molar-refractivity contribution in [1.82, 2.24) is 5.43 Å². The van der Waals surface area contributed by atoms with Crippen LogP contribution in [0.25, 0.3) is 0 Å². The minimum absolute atomic E-state index is 0.000512. The molecular weight excluding hydrogens is 242 g/mol. The number of hydrazine groups is 1. The van der Waals surface area contributed by atoms with Gasteiger partial charge in [-0.3, -0.25) is 11.3 Å². The number of halogens is 2. The molecule has 0 aliphatic heterocycles. The molecule has 0 saturated heterocycles. The molecule has 0 amide bonds. The highest BCUT2D eigenvalue weighted by molar-refractivity contribution is 7.07. The van der Waals surface area contributed by atoms with E-state index < -0.39 is 5.92 Å². The summed E-state index contributed by atoms with van der Waals surface area (Å²) in [5.41, 5.74) is 4.03. The fourth-order valence-corrected chi connectivity index (χ4v) is 3.17. The predicted octanol–water partition coefficient (Wildman–Crippen LogP) is 2.95. The molecule has 2 nitrogen and oxygen atoms in total. The molecular formula is C12H18F2N2S. The van der Waals surface area contributed by atoms with E-state index in [0.717, 1.165) is 6.42 Å². The second kappa shape index (κ2) is 5.42. The molecule has 1 aliphatic rings. The van der Waals surface area contributed by atoms with Gasteiger partial charge in [0.15, 0.2) is 0 Å². The van der Waals surface area contributed by atoms with Crippen LogP contribution in [0, 0.1) is 5.92 Å². The molecule has 1 saturated carbocycles. The van der Waals surface area contributed by atoms with Crippen molar-refractivity contribution in [2.24, 2.45) is 11.8 Å². The first-order chi connectivity index (χ1) is 8.11. The molecule has 1 unspecified atom stereocenters. The van der Waals surface area contributed by atoms with Gasteiger partial charge >= 0.3 is 0 Å². The van der Waals surface area contributed by atoms with Gasteiger partial charge in [-0.05, 0) is 47.6 Å². The van der Waals surface area contributed by atoms with Crippen molar-refractivity contribution in [2.45, 2.75) is 44.1 Å². The maximum absolute atomic E-state index is 13.1. The summed E-state index contributed by atoms with van der Waals surface area (Å²) in [4.78, 5) is 0. The lowest BCUT2D eigenvalue weighted by molar-refractivity contribution is -0.0495. The Labute approximate surface area is 104 Å². The normalized spacial score (nSPS) is 22.5. The highest BCUT2D eigenvalue weighted by Crippen LogP contribution is 2.37. The van der Waals surface area contributed by atoms with Gasteiger partial charge in [0.05, 0.1) is 0 Å². The average Bonchev–Trinajstić information content (AvgIpc) is 2.79. The fourth-order valence-electron chi connectivity index (χ4n) is 2.49. The lowest BCUT2D eigenvalue weighted by Crippen LogP contribution is -2.44. The first kappa shape index (κ1) is 12.9. The van der Waals surface area contributed by atoms with E-state index in [1.807, 2.05) is 5.38 Å². The van der Waals surface area contributed by atoms with E-state index in [2.05, 4.69) is 16.9 Å². The molecule has 1 fully saturated rings. The molecule has 0 radical (unpaired) electrons. The van der Waals surface area contributed by atoms with Crippen molar-refractivity contribution in [2.75, 3.05) is 0 Å². The van der Waals surface area contributed by atoms with Crippen LogP contribution in [0.3, 0.4) is 0 Å². The molecule has 1 heterocycles. The van der Waals surface area contributed by atoms with Gasteiger partial charge in [0.1, 0.15) is 0 Å². The number of hydrogen-bond acceptors (Lipinski definition) is 3. The van der Waals surface area contributed by atoms with Crippen LogP contribution < -0.4 is 11.3 Å². The molecule has 1 aromatic heterocycles. The van der Waals surface area contributed by atoms with Crippen LogP contribution in [0.2, 0.25) is 0 Å². The molecule has 1 aliphatic carbocycles. The Kier molecular flexibility index (Phi) is 4.12. The number of rotatable bonds is 4. The van der Waals surface area contributed by atoms with Crippen LogP contribution in [0.4, 0.5) is 8.78 Å². The number of alkyl halides is 2. The van der Waals surface area contributed by atoms with Crippen LogP contribution in [-0.2, 0) is 6.42 Å². The largest absolute Gasteiger partial charge is 0.271 e. The quantitative estimate of drug-likeness (QED) is 0.645. The van der Waals surface area contributed by atoms with Gasteiger partial charge in [-0.1, -0.05) is 0 Å². The third-order valence-corrected chi connectivity index (χ3v) is 4.31. The van der Waals surface area contributed by atoms with Crippen LogP contribution in [0.1, 0.15) is 31.2 Å². The molecule has 17 heavy (non-hydrogen) atoms. The maximum Gasteiger partial charge on any atom is 0.248 e. The Morgan fingerprint density at radius 1 is 1.47 bits per heavy atom. The van der Waals surface area contributed by atoms with Crippen molar-refractivity contribution in [3.8, 4) is 0 Å². The lowest BCUT2D eigenvalue weighted by Gasteiger charge is -2.33. The van der Waals surface area contributed by atoms with Crippen molar-refractivity contribution < 1.29 is 8.78 Å². The minimum atomic E-state index is -2.46. The monoisotopic (exact) mass is 260 g/mol. The van der Waals surface area contributed by atoms with Crippen LogP contribution in [-0.4, -0.2) is 12.0 Å². The van der Waals surface area contributed by atoms with E-state index in [4.69, 9.17) is 5.84 Å². The Bertz CT molecular complexity index is 330. The maximum atomic E-state index is 13.1. The summed E-state index contributed by atoms with van der Waals surface area (Å²) in [6.45, 7) is 0. The molecule has 5 heteroatoms. The summed E-state index contributed by atoms with van der Waals surface area (Å²) in [5.74, 6) is 3.36. The number of hydrogen-bond donors (Lipinski definition) is 2. The summed E-state index contributed by atoms with van der Waals surface area (Å²) >= 11 is 1.65. The van der Waals surface area contributed by atoms with Gasteiger partial charge in [-0.25, -0.2) is 8.78 Å². The van der Waals surface area contributed by atoms with E-state index in [0.29, 0.717) is 12.8 Å². The van der Waals surface area contributed by atoms with E-state index in [-0.39, 0.29) is 24.8 Å². The smallest absolute Gasteiger partial charge is 0.248 e. The second-order valence-electron chi connectivity index (χ2n) is 4.80. The number of nitrogens with one attached hydrogen (secondary N) is 1. The lowest BCUT2D eigenvalue weighted by atomic mass is 9.80. The van der Waals surface area contributed by atoms with Gasteiger partial charge in [0.25, 0.3) is 0 Å². The highest BCUT2D eigenvalue weighted by atomic mass is 32.1. The molecule has 1 atom stereocenters. The van der Waals surface area contributed by atoms with E-state index in [9.17, 15) is 8.78 Å². The minimum Gasteiger partial charge on any atom is -0.271 e. The number of thiophene rings is 1. The summed E-state index contributed by atoms with van der Waals surface area (Å²) in [6, 6.07) is 2.17. The molecule has 3 N–H and O–H groups in total. The first-order valence-electron chi connectivity index (χ1n) is 5.96. The summed E-state index contributed by atoms with van der Waals surface area (Å²) in [6.07, 6.45) is 1.95. The van der Waals surface area contributed by atoms with Crippen LogP contribution in [0.5, 0.6) is 0 Å². The zero-order valence-electron chi connectivity index (χ0n) is 9.66. The molecule has 0 aromatic carbocycles. The highest BCUT2D eigenvalue weighted by Gasteiger charge is 2.37. The third kappa shape index (κ3) is 3.47. The predicted molar refractivity (Wildman–Crippen MR) is 66.0 cm³/mol.